The summed E-state index contributed by atoms with van der Waals surface area (Å²) in [6.45, 7) is 6.63. The molecule has 0 N–H and O–H groups in total. The molecule has 0 spiro atoms. The van der Waals surface area contributed by atoms with E-state index in [1.165, 1.54) is 205 Å². The van der Waals surface area contributed by atoms with Crippen molar-refractivity contribution in [3.63, 3.8) is 0 Å². The van der Waals surface area contributed by atoms with E-state index in [0.717, 1.165) is 77.0 Å². The molecule has 0 aromatic rings. The Labute approximate surface area is 423 Å². The van der Waals surface area contributed by atoms with Gasteiger partial charge in [-0.25, -0.2) is 0 Å². The van der Waals surface area contributed by atoms with Crippen LogP contribution in [0.2, 0.25) is 0 Å². The molecule has 0 aliphatic heterocycles. The van der Waals surface area contributed by atoms with Gasteiger partial charge in [0, 0.05) is 19.3 Å². The Kier molecular flexibility index (Phi) is 55.2. The van der Waals surface area contributed by atoms with Gasteiger partial charge < -0.3 is 14.2 Å². The third kappa shape index (κ3) is 54.6. The highest BCUT2D eigenvalue weighted by atomic mass is 16.6. The van der Waals surface area contributed by atoms with Gasteiger partial charge in [-0.3, -0.25) is 14.4 Å². The normalized spacial score (nSPS) is 12.2. The molecule has 0 saturated heterocycles. The summed E-state index contributed by atoms with van der Waals surface area (Å²) in [5.41, 5.74) is 0. The first kappa shape index (κ1) is 65.6. The third-order valence-electron chi connectivity index (χ3n) is 13.4. The molecule has 0 rings (SSSR count). The van der Waals surface area contributed by atoms with E-state index in [1.54, 1.807) is 0 Å². The molecule has 398 valence electrons. The van der Waals surface area contributed by atoms with Gasteiger partial charge in [-0.15, -0.1) is 0 Å². The summed E-state index contributed by atoms with van der Waals surface area (Å²) in [5.74, 6) is -0.866. The van der Waals surface area contributed by atoms with Crippen molar-refractivity contribution in [2.24, 2.45) is 0 Å². The zero-order valence-electron chi connectivity index (χ0n) is 45.6. The maximum Gasteiger partial charge on any atom is 0.306 e. The van der Waals surface area contributed by atoms with Crippen molar-refractivity contribution >= 4 is 17.9 Å². The first-order valence-electron chi connectivity index (χ1n) is 30.0. The second-order valence-corrected chi connectivity index (χ2v) is 20.3. The second kappa shape index (κ2) is 57.2. The topological polar surface area (TPSA) is 78.9 Å². The molecule has 0 radical (unpaired) electrons. The SMILES string of the molecule is CCCCCCC/C=C\C/C=C\C/C=C\CCCCCCCCCCC(=O)OCC(COC(=O)CCCCCCCCC)OC(=O)CCCCCCCCCCCCCCCCCCCCCC. The summed E-state index contributed by atoms with van der Waals surface area (Å²) >= 11 is 0. The van der Waals surface area contributed by atoms with E-state index >= 15 is 0 Å². The van der Waals surface area contributed by atoms with Gasteiger partial charge in [0.1, 0.15) is 13.2 Å². The van der Waals surface area contributed by atoms with Crippen LogP contribution in [0.25, 0.3) is 0 Å². The number of allylic oxidation sites excluding steroid dienone is 6. The van der Waals surface area contributed by atoms with Crippen LogP contribution in [0.1, 0.15) is 323 Å². The number of hydrogen-bond donors (Lipinski definition) is 0. The highest BCUT2D eigenvalue weighted by molar-refractivity contribution is 5.71. The van der Waals surface area contributed by atoms with Crippen molar-refractivity contribution in [1.29, 1.82) is 0 Å². The van der Waals surface area contributed by atoms with Gasteiger partial charge in [0.25, 0.3) is 0 Å². The van der Waals surface area contributed by atoms with Crippen molar-refractivity contribution in [2.45, 2.75) is 329 Å². The molecule has 0 aliphatic rings. The van der Waals surface area contributed by atoms with Crippen LogP contribution in [0.5, 0.6) is 0 Å². The van der Waals surface area contributed by atoms with Crippen LogP contribution in [0.15, 0.2) is 36.5 Å². The van der Waals surface area contributed by atoms with Crippen LogP contribution in [0, 0.1) is 0 Å². The molecule has 68 heavy (non-hydrogen) atoms. The average Bonchev–Trinajstić information content (AvgIpc) is 3.34. The number of ether oxygens (including phenoxy) is 3. The second-order valence-electron chi connectivity index (χ2n) is 20.3. The zero-order valence-corrected chi connectivity index (χ0v) is 45.6. The van der Waals surface area contributed by atoms with Gasteiger partial charge in [-0.2, -0.15) is 0 Å². The molecule has 0 amide bonds. The van der Waals surface area contributed by atoms with Crippen molar-refractivity contribution in [3.05, 3.63) is 36.5 Å². The average molecular weight is 956 g/mol. The van der Waals surface area contributed by atoms with Crippen LogP contribution in [-0.4, -0.2) is 37.2 Å². The number of hydrogen-bond acceptors (Lipinski definition) is 6. The largest absolute Gasteiger partial charge is 0.462 e. The van der Waals surface area contributed by atoms with Crippen LogP contribution in [-0.2, 0) is 28.6 Å². The fourth-order valence-electron chi connectivity index (χ4n) is 8.86. The molecule has 1 unspecified atom stereocenters. The van der Waals surface area contributed by atoms with Crippen LogP contribution >= 0.6 is 0 Å². The smallest absolute Gasteiger partial charge is 0.306 e. The molecular weight excluding hydrogens is 841 g/mol. The molecule has 6 nitrogen and oxygen atoms in total. The number of rotatable bonds is 55. The third-order valence-corrected chi connectivity index (χ3v) is 13.4. The zero-order chi connectivity index (χ0) is 49.3. The van der Waals surface area contributed by atoms with Gasteiger partial charge in [-0.05, 0) is 57.8 Å². The first-order chi connectivity index (χ1) is 33.5. The Balaban J connectivity index is 4.15. The standard InChI is InChI=1S/C62H114O6/c1-4-7-10-13-16-18-20-22-24-26-28-30-31-32-34-35-37-39-41-43-46-49-52-55-61(64)67-58-59(57-66-60(63)54-51-48-45-15-12-9-6-3)68-62(65)56-53-50-47-44-42-40-38-36-33-29-27-25-23-21-19-17-14-11-8-5-2/h20,22,26,28,31-32,59H,4-19,21,23-25,27,29-30,33-58H2,1-3H3/b22-20-,28-26-,32-31-. The minimum Gasteiger partial charge on any atom is -0.462 e. The Hall–Kier alpha value is -2.37. The van der Waals surface area contributed by atoms with Gasteiger partial charge >= 0.3 is 17.9 Å². The van der Waals surface area contributed by atoms with Gasteiger partial charge in [0.15, 0.2) is 6.10 Å². The van der Waals surface area contributed by atoms with E-state index in [4.69, 9.17) is 14.2 Å². The quantitative estimate of drug-likeness (QED) is 0.0262. The van der Waals surface area contributed by atoms with E-state index in [1.807, 2.05) is 0 Å². The van der Waals surface area contributed by atoms with E-state index in [9.17, 15) is 14.4 Å². The minimum atomic E-state index is -0.770. The summed E-state index contributed by atoms with van der Waals surface area (Å²) in [5, 5.41) is 0. The fourth-order valence-corrected chi connectivity index (χ4v) is 8.86. The highest BCUT2D eigenvalue weighted by Gasteiger charge is 2.19. The Bertz CT molecular complexity index is 1140. The molecule has 0 saturated carbocycles. The number of esters is 3. The van der Waals surface area contributed by atoms with Gasteiger partial charge in [0.2, 0.25) is 0 Å². The van der Waals surface area contributed by atoms with E-state index in [0.29, 0.717) is 19.3 Å². The van der Waals surface area contributed by atoms with Crippen LogP contribution in [0.4, 0.5) is 0 Å². The lowest BCUT2D eigenvalue weighted by Crippen LogP contribution is -2.30. The molecular formula is C62H114O6. The van der Waals surface area contributed by atoms with Crippen molar-refractivity contribution in [1.82, 2.24) is 0 Å². The molecule has 0 fully saturated rings. The molecule has 0 aromatic heterocycles. The van der Waals surface area contributed by atoms with E-state index in [2.05, 4.69) is 57.2 Å². The molecule has 6 heteroatoms. The lowest BCUT2D eigenvalue weighted by molar-refractivity contribution is -0.167. The van der Waals surface area contributed by atoms with Crippen molar-refractivity contribution < 1.29 is 28.6 Å². The number of unbranched alkanes of at least 4 members (excludes halogenated alkanes) is 38. The highest BCUT2D eigenvalue weighted by Crippen LogP contribution is 2.17. The molecule has 0 heterocycles. The van der Waals surface area contributed by atoms with Crippen molar-refractivity contribution in [3.8, 4) is 0 Å². The number of carbonyl (C=O) groups excluding carboxylic acids is 3. The summed E-state index contributed by atoms with van der Waals surface area (Å²) in [6.07, 6.45) is 68.8. The minimum absolute atomic E-state index is 0.0707. The van der Waals surface area contributed by atoms with E-state index in [-0.39, 0.29) is 31.1 Å². The van der Waals surface area contributed by atoms with Gasteiger partial charge in [-0.1, -0.05) is 282 Å². The summed E-state index contributed by atoms with van der Waals surface area (Å²) in [6, 6.07) is 0. The predicted molar refractivity (Wildman–Crippen MR) is 293 cm³/mol. The van der Waals surface area contributed by atoms with Crippen LogP contribution < -0.4 is 0 Å². The maximum atomic E-state index is 12.8. The van der Waals surface area contributed by atoms with Gasteiger partial charge in [0.05, 0.1) is 0 Å². The summed E-state index contributed by atoms with van der Waals surface area (Å²) in [7, 11) is 0. The molecule has 0 bridgehead atoms. The predicted octanol–water partition coefficient (Wildman–Crippen LogP) is 20.0. The monoisotopic (exact) mass is 955 g/mol. The van der Waals surface area contributed by atoms with E-state index < -0.39 is 6.10 Å². The molecule has 1 atom stereocenters. The summed E-state index contributed by atoms with van der Waals surface area (Å²) in [4.78, 5) is 38.0. The maximum absolute atomic E-state index is 12.8. The first-order valence-corrected chi connectivity index (χ1v) is 30.0. The number of carbonyl (C=O) groups is 3. The molecule has 0 aliphatic carbocycles. The lowest BCUT2D eigenvalue weighted by atomic mass is 10.0. The molecule has 0 aromatic carbocycles. The lowest BCUT2D eigenvalue weighted by Gasteiger charge is -2.18. The fraction of sp³-hybridized carbons (Fsp3) is 0.855. The Morgan fingerprint density at radius 3 is 0.824 bits per heavy atom. The van der Waals surface area contributed by atoms with Crippen LogP contribution in [0.3, 0.4) is 0 Å². The van der Waals surface area contributed by atoms with Crippen molar-refractivity contribution in [2.75, 3.05) is 13.2 Å². The summed E-state index contributed by atoms with van der Waals surface area (Å²) < 4.78 is 16.8. The Morgan fingerprint density at radius 2 is 0.529 bits per heavy atom. The Morgan fingerprint density at radius 1 is 0.294 bits per heavy atom.